The van der Waals surface area contributed by atoms with Gasteiger partial charge >= 0.3 is 12.0 Å². The molecule has 0 aromatic heterocycles. The molecular weight excluding hydrogens is 304 g/mol. The zero-order valence-corrected chi connectivity index (χ0v) is 11.2. The van der Waals surface area contributed by atoms with Crippen molar-refractivity contribution in [3.05, 3.63) is 28.2 Å². The summed E-state index contributed by atoms with van der Waals surface area (Å²) in [5.74, 6) is -1.38. The molecule has 1 aromatic rings. The molecule has 1 aromatic carbocycles. The summed E-state index contributed by atoms with van der Waals surface area (Å²) >= 11 is 3.28. The van der Waals surface area contributed by atoms with Gasteiger partial charge in [0.15, 0.2) is 6.10 Å². The summed E-state index contributed by atoms with van der Waals surface area (Å²) in [4.78, 5) is 21.8. The zero-order chi connectivity index (χ0) is 13.7. The normalized spacial score (nSPS) is 11.7. The van der Waals surface area contributed by atoms with Crippen molar-refractivity contribution in [2.24, 2.45) is 0 Å². The van der Waals surface area contributed by atoms with Crippen molar-refractivity contribution < 1.29 is 19.8 Å². The van der Waals surface area contributed by atoms with Gasteiger partial charge < -0.3 is 20.8 Å². The first kappa shape index (κ1) is 14.5. The molecule has 0 aliphatic rings. The summed E-state index contributed by atoms with van der Waals surface area (Å²) < 4.78 is 0.814. The standard InChI is InChI=1S/C11H13BrN2O4/c1-6-2-3-7(12)4-8(6)14-11(18)13-5-9(15)10(16)17/h2-4,9,15H,5H2,1H3,(H,16,17)(H2,13,14,18). The molecule has 0 aliphatic carbocycles. The SMILES string of the molecule is Cc1ccc(Br)cc1NC(=O)NCC(O)C(=O)O. The van der Waals surface area contributed by atoms with Crippen molar-refractivity contribution in [2.45, 2.75) is 13.0 Å². The minimum Gasteiger partial charge on any atom is -0.479 e. The Morgan fingerprint density at radius 3 is 2.72 bits per heavy atom. The fourth-order valence-corrected chi connectivity index (χ4v) is 1.53. The second-order valence-electron chi connectivity index (χ2n) is 3.65. The lowest BCUT2D eigenvalue weighted by Gasteiger charge is -2.11. The average Bonchev–Trinajstić information content (AvgIpc) is 2.30. The van der Waals surface area contributed by atoms with Crippen molar-refractivity contribution >= 4 is 33.6 Å². The van der Waals surface area contributed by atoms with E-state index in [1.807, 2.05) is 19.1 Å². The predicted molar refractivity (Wildman–Crippen MR) is 69.5 cm³/mol. The highest BCUT2D eigenvalue weighted by Crippen LogP contribution is 2.20. The Balaban J connectivity index is 2.54. The zero-order valence-electron chi connectivity index (χ0n) is 9.61. The first-order chi connectivity index (χ1) is 8.40. The van der Waals surface area contributed by atoms with Crippen LogP contribution in [0.5, 0.6) is 0 Å². The highest BCUT2D eigenvalue weighted by molar-refractivity contribution is 9.10. The first-order valence-corrected chi connectivity index (χ1v) is 5.91. The third-order valence-corrected chi connectivity index (χ3v) is 2.68. The minimum absolute atomic E-state index is 0.353. The Bertz CT molecular complexity index is 464. The van der Waals surface area contributed by atoms with Crippen molar-refractivity contribution in [3.8, 4) is 0 Å². The maximum Gasteiger partial charge on any atom is 0.334 e. The van der Waals surface area contributed by atoms with E-state index >= 15 is 0 Å². The van der Waals surface area contributed by atoms with Gasteiger partial charge in [0.05, 0.1) is 6.54 Å². The number of rotatable bonds is 4. The molecule has 0 saturated carbocycles. The molecule has 6 nitrogen and oxygen atoms in total. The molecule has 98 valence electrons. The molecule has 2 amide bonds. The van der Waals surface area contributed by atoms with Crippen LogP contribution in [0.15, 0.2) is 22.7 Å². The number of urea groups is 1. The van der Waals surface area contributed by atoms with E-state index in [0.717, 1.165) is 10.0 Å². The largest absolute Gasteiger partial charge is 0.479 e. The number of aliphatic hydroxyl groups is 1. The van der Waals surface area contributed by atoms with Crippen LogP contribution in [-0.4, -0.2) is 34.9 Å². The number of benzene rings is 1. The fourth-order valence-electron chi connectivity index (χ4n) is 1.17. The van der Waals surface area contributed by atoms with Crippen molar-refractivity contribution in [2.75, 3.05) is 11.9 Å². The van der Waals surface area contributed by atoms with Crippen LogP contribution in [0.1, 0.15) is 5.56 Å². The minimum atomic E-state index is -1.61. The molecule has 1 unspecified atom stereocenters. The number of carboxylic acids is 1. The average molecular weight is 317 g/mol. The number of amides is 2. The smallest absolute Gasteiger partial charge is 0.334 e. The lowest BCUT2D eigenvalue weighted by atomic mass is 10.2. The second-order valence-corrected chi connectivity index (χ2v) is 4.56. The number of carboxylic acid groups (broad SMARTS) is 1. The molecule has 1 atom stereocenters. The molecule has 0 radical (unpaired) electrons. The molecule has 1 rings (SSSR count). The summed E-state index contributed by atoms with van der Waals surface area (Å²) in [5, 5.41) is 22.3. The van der Waals surface area contributed by atoms with E-state index in [-0.39, 0.29) is 6.54 Å². The fraction of sp³-hybridized carbons (Fsp3) is 0.273. The molecule has 0 saturated heterocycles. The molecule has 0 aliphatic heterocycles. The van der Waals surface area contributed by atoms with Crippen LogP contribution in [0.25, 0.3) is 0 Å². The van der Waals surface area contributed by atoms with Gasteiger partial charge in [0, 0.05) is 10.2 Å². The monoisotopic (exact) mass is 316 g/mol. The van der Waals surface area contributed by atoms with E-state index in [2.05, 4.69) is 26.6 Å². The number of hydrogen-bond acceptors (Lipinski definition) is 3. The van der Waals surface area contributed by atoms with Crippen LogP contribution in [0.2, 0.25) is 0 Å². The molecule has 18 heavy (non-hydrogen) atoms. The van der Waals surface area contributed by atoms with E-state index < -0.39 is 18.1 Å². The third-order valence-electron chi connectivity index (χ3n) is 2.19. The number of carbonyl (C=O) groups is 2. The maximum absolute atomic E-state index is 11.5. The Labute approximate surface area is 112 Å². The molecule has 0 heterocycles. The number of carbonyl (C=O) groups excluding carboxylic acids is 1. The number of hydrogen-bond donors (Lipinski definition) is 4. The Hall–Kier alpha value is -1.60. The van der Waals surface area contributed by atoms with Gasteiger partial charge in [0.25, 0.3) is 0 Å². The highest BCUT2D eigenvalue weighted by atomic mass is 79.9. The van der Waals surface area contributed by atoms with E-state index in [1.54, 1.807) is 6.07 Å². The predicted octanol–water partition coefficient (Wildman–Crippen LogP) is 1.32. The van der Waals surface area contributed by atoms with Crippen molar-refractivity contribution in [1.82, 2.24) is 5.32 Å². The van der Waals surface area contributed by atoms with E-state index in [9.17, 15) is 9.59 Å². The summed E-state index contributed by atoms with van der Waals surface area (Å²) in [6.07, 6.45) is -1.61. The van der Waals surface area contributed by atoms with Gasteiger partial charge in [0.1, 0.15) is 0 Å². The van der Waals surface area contributed by atoms with Gasteiger partial charge in [-0.1, -0.05) is 22.0 Å². The van der Waals surface area contributed by atoms with E-state index in [0.29, 0.717) is 5.69 Å². The number of nitrogens with one attached hydrogen (secondary N) is 2. The second kappa shape index (κ2) is 6.36. The number of aliphatic hydroxyl groups excluding tert-OH is 1. The number of halogens is 1. The van der Waals surface area contributed by atoms with Crippen molar-refractivity contribution in [1.29, 1.82) is 0 Å². The van der Waals surface area contributed by atoms with Gasteiger partial charge in [-0.2, -0.15) is 0 Å². The van der Waals surface area contributed by atoms with Gasteiger partial charge in [-0.05, 0) is 24.6 Å². The van der Waals surface area contributed by atoms with E-state index in [4.69, 9.17) is 10.2 Å². The van der Waals surface area contributed by atoms with Crippen LogP contribution >= 0.6 is 15.9 Å². The molecular formula is C11H13BrN2O4. The summed E-state index contributed by atoms with van der Waals surface area (Å²) in [7, 11) is 0. The van der Waals surface area contributed by atoms with Crippen LogP contribution in [-0.2, 0) is 4.79 Å². The lowest BCUT2D eigenvalue weighted by molar-refractivity contribution is -0.146. The summed E-state index contributed by atoms with van der Waals surface area (Å²) in [6, 6.07) is 4.82. The Morgan fingerprint density at radius 1 is 1.44 bits per heavy atom. The van der Waals surface area contributed by atoms with Crippen molar-refractivity contribution in [3.63, 3.8) is 0 Å². The summed E-state index contributed by atoms with van der Waals surface area (Å²) in [6.45, 7) is 1.47. The van der Waals surface area contributed by atoms with Gasteiger partial charge in [0.2, 0.25) is 0 Å². The maximum atomic E-state index is 11.5. The first-order valence-electron chi connectivity index (χ1n) is 5.12. The van der Waals surface area contributed by atoms with Gasteiger partial charge in [-0.25, -0.2) is 9.59 Å². The Kier molecular flexibility index (Phi) is 5.11. The van der Waals surface area contributed by atoms with E-state index in [1.165, 1.54) is 0 Å². The number of aliphatic carboxylic acids is 1. The van der Waals surface area contributed by atoms with Crippen LogP contribution in [0.3, 0.4) is 0 Å². The summed E-state index contributed by atoms with van der Waals surface area (Å²) in [5.41, 5.74) is 1.47. The van der Waals surface area contributed by atoms with Crippen LogP contribution in [0, 0.1) is 6.92 Å². The van der Waals surface area contributed by atoms with Gasteiger partial charge in [-0.15, -0.1) is 0 Å². The lowest BCUT2D eigenvalue weighted by Crippen LogP contribution is -2.38. The highest BCUT2D eigenvalue weighted by Gasteiger charge is 2.14. The topological polar surface area (TPSA) is 98.7 Å². The number of aryl methyl sites for hydroxylation is 1. The quantitative estimate of drug-likeness (QED) is 0.673. The van der Waals surface area contributed by atoms with Crippen LogP contribution < -0.4 is 10.6 Å². The molecule has 0 spiro atoms. The van der Waals surface area contributed by atoms with Gasteiger partial charge in [-0.3, -0.25) is 0 Å². The Morgan fingerprint density at radius 2 is 2.11 bits per heavy atom. The molecule has 7 heteroatoms. The number of anilines is 1. The third kappa shape index (κ3) is 4.34. The molecule has 0 fully saturated rings. The van der Waals surface area contributed by atoms with Crippen LogP contribution in [0.4, 0.5) is 10.5 Å². The molecule has 0 bridgehead atoms. The molecule has 4 N–H and O–H groups in total.